The van der Waals surface area contributed by atoms with Gasteiger partial charge in [-0.05, 0) is 36.8 Å². The van der Waals surface area contributed by atoms with Gasteiger partial charge in [0.25, 0.3) is 0 Å². The lowest BCUT2D eigenvalue weighted by Gasteiger charge is -2.27. The molecule has 0 spiro atoms. The van der Waals surface area contributed by atoms with E-state index in [1.807, 2.05) is 37.3 Å². The van der Waals surface area contributed by atoms with Crippen LogP contribution in [0.15, 0.2) is 47.3 Å². The van der Waals surface area contributed by atoms with Gasteiger partial charge in [0.15, 0.2) is 5.82 Å². The van der Waals surface area contributed by atoms with Crippen LogP contribution in [0.4, 0.5) is 11.5 Å². The number of amides is 1. The van der Waals surface area contributed by atoms with Crippen molar-refractivity contribution in [2.24, 2.45) is 0 Å². The summed E-state index contributed by atoms with van der Waals surface area (Å²) >= 11 is 6.04. The molecule has 1 saturated heterocycles. The van der Waals surface area contributed by atoms with Gasteiger partial charge in [0.05, 0.1) is 24.2 Å². The zero-order chi connectivity index (χ0) is 22.2. The molecule has 1 N–H and O–H groups in total. The van der Waals surface area contributed by atoms with Crippen LogP contribution in [0.5, 0.6) is 0 Å². The number of ether oxygens (including phenoxy) is 1. The van der Waals surface area contributed by atoms with E-state index < -0.39 is 5.69 Å². The minimum absolute atomic E-state index is 0.233. The number of anilines is 2. The van der Waals surface area contributed by atoms with Crippen LogP contribution in [0.25, 0.3) is 16.7 Å². The van der Waals surface area contributed by atoms with Crippen molar-refractivity contribution in [1.82, 2.24) is 19.2 Å². The third-order valence-corrected chi connectivity index (χ3v) is 5.70. The molecule has 0 saturated carbocycles. The van der Waals surface area contributed by atoms with Gasteiger partial charge in [-0.2, -0.15) is 0 Å². The summed E-state index contributed by atoms with van der Waals surface area (Å²) in [5.41, 5.74) is 2.81. The summed E-state index contributed by atoms with van der Waals surface area (Å²) in [5, 5.41) is 7.82. The van der Waals surface area contributed by atoms with E-state index in [2.05, 4.69) is 15.3 Å². The Morgan fingerprint density at radius 1 is 1.19 bits per heavy atom. The first-order chi connectivity index (χ1) is 15.5. The fourth-order valence-corrected chi connectivity index (χ4v) is 4.00. The molecular formula is C22H21ClN6O3. The molecule has 0 radical (unpaired) electrons. The maximum Gasteiger partial charge on any atom is 0.351 e. The number of carbonyl (C=O) groups excluding carboxylic acids is 1. The molecule has 1 aliphatic heterocycles. The Morgan fingerprint density at radius 3 is 2.78 bits per heavy atom. The van der Waals surface area contributed by atoms with Crippen LogP contribution < -0.4 is 15.9 Å². The number of carbonyl (C=O) groups is 1. The van der Waals surface area contributed by atoms with E-state index in [0.717, 1.165) is 5.56 Å². The number of para-hydroxylation sites is 2. The number of benzene rings is 2. The SMILES string of the molecule is Cc1ccc(Cl)cc1NC(=O)Cn1nc2c(N3CCOCC3)nc3ccccc3n2c1=O. The van der Waals surface area contributed by atoms with Crippen LogP contribution in [0.3, 0.4) is 0 Å². The fourth-order valence-electron chi connectivity index (χ4n) is 3.83. The van der Waals surface area contributed by atoms with Gasteiger partial charge in [0.1, 0.15) is 6.54 Å². The number of nitrogens with zero attached hydrogens (tertiary/aromatic N) is 5. The maximum absolute atomic E-state index is 13.3. The van der Waals surface area contributed by atoms with Crippen LogP contribution in [0.2, 0.25) is 5.02 Å². The normalized spacial score (nSPS) is 14.2. The number of nitrogens with one attached hydrogen (secondary N) is 1. The second kappa shape index (κ2) is 8.25. The quantitative estimate of drug-likeness (QED) is 0.511. The lowest BCUT2D eigenvalue weighted by atomic mass is 10.2. The van der Waals surface area contributed by atoms with Crippen molar-refractivity contribution in [3.8, 4) is 0 Å². The van der Waals surface area contributed by atoms with E-state index in [-0.39, 0.29) is 12.5 Å². The standard InChI is InChI=1S/C22H21ClN6O3/c1-14-6-7-15(23)12-17(14)24-19(30)13-28-22(31)29-18-5-3-2-4-16(18)25-20(21(29)26-28)27-8-10-32-11-9-27/h2-7,12H,8-11,13H2,1H3,(H,24,30). The lowest BCUT2D eigenvalue weighted by Crippen LogP contribution is -2.37. The topological polar surface area (TPSA) is 93.8 Å². The number of morpholine rings is 1. The Morgan fingerprint density at radius 2 is 1.97 bits per heavy atom. The maximum atomic E-state index is 13.3. The van der Waals surface area contributed by atoms with Crippen LogP contribution in [-0.2, 0) is 16.1 Å². The molecule has 10 heteroatoms. The lowest BCUT2D eigenvalue weighted by molar-refractivity contribution is -0.117. The first kappa shape index (κ1) is 20.5. The Bertz CT molecular complexity index is 1390. The van der Waals surface area contributed by atoms with Gasteiger partial charge in [-0.1, -0.05) is 29.8 Å². The summed E-state index contributed by atoms with van der Waals surface area (Å²) in [7, 11) is 0. The number of aromatic nitrogens is 4. The first-order valence-corrected chi connectivity index (χ1v) is 10.7. The Hall–Kier alpha value is -3.43. The van der Waals surface area contributed by atoms with Crippen LogP contribution in [0, 0.1) is 6.92 Å². The summed E-state index contributed by atoms with van der Waals surface area (Å²) in [6.45, 7) is 4.09. The van der Waals surface area contributed by atoms with E-state index in [0.29, 0.717) is 59.5 Å². The van der Waals surface area contributed by atoms with Gasteiger partial charge in [-0.25, -0.2) is 18.9 Å². The van der Waals surface area contributed by atoms with Gasteiger partial charge in [0.2, 0.25) is 11.6 Å². The monoisotopic (exact) mass is 452 g/mol. The molecule has 4 aromatic rings. The molecule has 0 aliphatic carbocycles. The second-order valence-electron chi connectivity index (χ2n) is 7.63. The van der Waals surface area contributed by atoms with Crippen LogP contribution in [-0.4, -0.2) is 51.4 Å². The van der Waals surface area contributed by atoms with Crippen molar-refractivity contribution in [3.05, 3.63) is 63.5 Å². The van der Waals surface area contributed by atoms with Gasteiger partial charge < -0.3 is 15.0 Å². The molecule has 2 aromatic carbocycles. The fraction of sp³-hybridized carbons (Fsp3) is 0.273. The molecule has 32 heavy (non-hydrogen) atoms. The Labute approximate surface area is 188 Å². The molecule has 9 nitrogen and oxygen atoms in total. The Kier molecular flexibility index (Phi) is 5.28. The molecule has 1 amide bonds. The number of hydrogen-bond acceptors (Lipinski definition) is 6. The highest BCUT2D eigenvalue weighted by molar-refractivity contribution is 6.31. The zero-order valence-corrected chi connectivity index (χ0v) is 18.2. The Balaban J connectivity index is 1.56. The highest BCUT2D eigenvalue weighted by Gasteiger charge is 2.22. The van der Waals surface area contributed by atoms with Crippen molar-refractivity contribution in [2.45, 2.75) is 13.5 Å². The molecule has 2 aromatic heterocycles. The number of fused-ring (bicyclic) bond motifs is 3. The average molecular weight is 453 g/mol. The summed E-state index contributed by atoms with van der Waals surface area (Å²) in [6, 6.07) is 12.6. The van der Waals surface area contributed by atoms with E-state index in [9.17, 15) is 9.59 Å². The van der Waals surface area contributed by atoms with Crippen LogP contribution in [0.1, 0.15) is 5.56 Å². The summed E-state index contributed by atoms with van der Waals surface area (Å²) in [5.74, 6) is 0.236. The largest absolute Gasteiger partial charge is 0.378 e. The summed E-state index contributed by atoms with van der Waals surface area (Å²) < 4.78 is 8.14. The predicted molar refractivity (Wildman–Crippen MR) is 123 cm³/mol. The van der Waals surface area contributed by atoms with E-state index in [1.165, 1.54) is 9.08 Å². The van der Waals surface area contributed by atoms with Crippen molar-refractivity contribution in [1.29, 1.82) is 0 Å². The number of halogens is 1. The van der Waals surface area contributed by atoms with Gasteiger partial charge >= 0.3 is 5.69 Å². The van der Waals surface area contributed by atoms with E-state index in [1.54, 1.807) is 12.1 Å². The summed E-state index contributed by atoms with van der Waals surface area (Å²) in [4.78, 5) is 32.8. The highest BCUT2D eigenvalue weighted by atomic mass is 35.5. The van der Waals surface area contributed by atoms with Gasteiger partial charge in [0, 0.05) is 23.8 Å². The van der Waals surface area contributed by atoms with Gasteiger partial charge in [-0.3, -0.25) is 4.79 Å². The molecule has 3 heterocycles. The molecule has 0 bridgehead atoms. The summed E-state index contributed by atoms with van der Waals surface area (Å²) in [6.07, 6.45) is 0. The number of aryl methyl sites for hydroxylation is 1. The van der Waals surface area contributed by atoms with Crippen molar-refractivity contribution >= 4 is 45.7 Å². The highest BCUT2D eigenvalue weighted by Crippen LogP contribution is 2.23. The average Bonchev–Trinajstić information content (AvgIpc) is 3.12. The van der Waals surface area contributed by atoms with Gasteiger partial charge in [-0.15, -0.1) is 5.10 Å². The zero-order valence-electron chi connectivity index (χ0n) is 17.4. The van der Waals surface area contributed by atoms with E-state index in [4.69, 9.17) is 21.3 Å². The van der Waals surface area contributed by atoms with E-state index >= 15 is 0 Å². The smallest absolute Gasteiger partial charge is 0.351 e. The number of hydrogen-bond donors (Lipinski definition) is 1. The minimum atomic E-state index is -0.397. The third-order valence-electron chi connectivity index (χ3n) is 5.47. The van der Waals surface area contributed by atoms with Crippen molar-refractivity contribution in [3.63, 3.8) is 0 Å². The predicted octanol–water partition coefficient (Wildman–Crippen LogP) is 2.48. The molecule has 1 aliphatic rings. The minimum Gasteiger partial charge on any atom is -0.378 e. The first-order valence-electron chi connectivity index (χ1n) is 10.3. The molecule has 5 rings (SSSR count). The van der Waals surface area contributed by atoms with Crippen LogP contribution >= 0.6 is 11.6 Å². The molecule has 0 unspecified atom stereocenters. The molecule has 1 fully saturated rings. The second-order valence-corrected chi connectivity index (χ2v) is 8.07. The third kappa shape index (κ3) is 3.69. The molecule has 164 valence electrons. The van der Waals surface area contributed by atoms with Crippen molar-refractivity contribution < 1.29 is 9.53 Å². The molecule has 0 atom stereocenters. The number of rotatable bonds is 4. The van der Waals surface area contributed by atoms with Crippen molar-refractivity contribution in [2.75, 3.05) is 36.5 Å². The molecular weight excluding hydrogens is 432 g/mol.